The van der Waals surface area contributed by atoms with Gasteiger partial charge in [-0.3, -0.25) is 4.79 Å². The Morgan fingerprint density at radius 2 is 1.89 bits per heavy atom. The Morgan fingerprint density at radius 1 is 1.11 bits per heavy atom. The number of carbonyl (C=O) groups is 1. The van der Waals surface area contributed by atoms with E-state index in [1.54, 1.807) is 20.0 Å². The molecule has 3 aliphatic rings. The van der Waals surface area contributed by atoms with Crippen LogP contribution in [0.1, 0.15) is 50.3 Å². The highest BCUT2D eigenvalue weighted by Gasteiger charge is 2.43. The number of rotatable bonds is 5. The molecule has 0 spiro atoms. The number of hydrogen-bond donors (Lipinski definition) is 3. The first kappa shape index (κ1) is 24.5. The number of hydrogen-bond acceptors (Lipinski definition) is 7. The summed E-state index contributed by atoms with van der Waals surface area (Å²) in [6, 6.07) is 10.4. The Kier molecular flexibility index (Phi) is 5.94. The number of nitrogens with one attached hydrogen (secondary N) is 2. The number of anilines is 4. The van der Waals surface area contributed by atoms with Gasteiger partial charge in [-0.05, 0) is 69.0 Å². The molecule has 2 fully saturated rings. The molecular formula is C28H30F2N6O2. The van der Waals surface area contributed by atoms with Crippen LogP contribution < -0.4 is 20.4 Å². The molecule has 0 bridgehead atoms. The van der Waals surface area contributed by atoms with E-state index in [0.717, 1.165) is 29.8 Å². The Labute approximate surface area is 219 Å². The maximum absolute atomic E-state index is 14.6. The summed E-state index contributed by atoms with van der Waals surface area (Å²) in [6.45, 7) is 4.68. The molecule has 0 aliphatic carbocycles. The average Bonchev–Trinajstić information content (AvgIpc) is 3.53. The molecule has 10 heteroatoms. The fourth-order valence-electron chi connectivity index (χ4n) is 5.76. The zero-order chi connectivity index (χ0) is 26.6. The van der Waals surface area contributed by atoms with Gasteiger partial charge in [0.25, 0.3) is 0 Å². The van der Waals surface area contributed by atoms with Crippen LogP contribution in [0.3, 0.4) is 0 Å². The van der Waals surface area contributed by atoms with Crippen molar-refractivity contribution in [3.05, 3.63) is 71.4 Å². The molecule has 1 amide bonds. The molecule has 3 N–H and O–H groups in total. The molecule has 2 aromatic carbocycles. The number of aromatic nitrogens is 2. The van der Waals surface area contributed by atoms with Crippen LogP contribution in [0.2, 0.25) is 0 Å². The highest BCUT2D eigenvalue weighted by Crippen LogP contribution is 2.40. The van der Waals surface area contributed by atoms with Crippen molar-refractivity contribution in [1.82, 2.24) is 9.97 Å². The second-order valence-corrected chi connectivity index (χ2v) is 10.8. The van der Waals surface area contributed by atoms with Gasteiger partial charge in [-0.25, -0.2) is 13.8 Å². The fourth-order valence-corrected chi connectivity index (χ4v) is 5.76. The van der Waals surface area contributed by atoms with Crippen molar-refractivity contribution in [3.63, 3.8) is 0 Å². The zero-order valence-corrected chi connectivity index (χ0v) is 21.3. The topological polar surface area (TPSA) is 93.6 Å². The number of amides is 1. The van der Waals surface area contributed by atoms with E-state index in [2.05, 4.69) is 15.6 Å². The van der Waals surface area contributed by atoms with E-state index < -0.39 is 17.2 Å². The zero-order valence-electron chi connectivity index (χ0n) is 21.3. The third kappa shape index (κ3) is 4.42. The molecule has 38 heavy (non-hydrogen) atoms. The number of fused-ring (bicyclic) bond motifs is 3. The molecule has 198 valence electrons. The van der Waals surface area contributed by atoms with Crippen LogP contribution in [0.4, 0.5) is 31.9 Å². The first-order valence-corrected chi connectivity index (χ1v) is 12.9. The molecule has 0 radical (unpaired) electrons. The van der Waals surface area contributed by atoms with E-state index in [9.17, 15) is 18.7 Å². The SMILES string of the molecule is CC(C)(O)c1ccc(N[C@H]2C[C@H]3C(=O)Nc4cnc(N5CCC[C@@H]5c5cc(F)ccc5F)nc4N3C2)cc1. The third-order valence-corrected chi connectivity index (χ3v) is 7.68. The van der Waals surface area contributed by atoms with Gasteiger partial charge in [0.15, 0.2) is 5.82 Å². The summed E-state index contributed by atoms with van der Waals surface area (Å²) in [6.07, 6.45) is 3.67. The Bertz CT molecular complexity index is 1380. The summed E-state index contributed by atoms with van der Waals surface area (Å²) in [5.41, 5.74) is 1.65. The molecule has 3 atom stereocenters. The second-order valence-electron chi connectivity index (χ2n) is 10.8. The van der Waals surface area contributed by atoms with Gasteiger partial charge < -0.3 is 25.5 Å². The molecule has 2 saturated heterocycles. The maximum atomic E-state index is 14.6. The third-order valence-electron chi connectivity index (χ3n) is 7.68. The fraction of sp³-hybridized carbons (Fsp3) is 0.393. The average molecular weight is 521 g/mol. The van der Waals surface area contributed by atoms with Gasteiger partial charge >= 0.3 is 0 Å². The first-order valence-electron chi connectivity index (χ1n) is 12.9. The number of carbonyl (C=O) groups excluding carboxylic acids is 1. The van der Waals surface area contributed by atoms with Crippen molar-refractivity contribution >= 4 is 29.0 Å². The summed E-state index contributed by atoms with van der Waals surface area (Å²) in [5, 5.41) is 16.6. The lowest BCUT2D eigenvalue weighted by molar-refractivity contribution is -0.117. The highest BCUT2D eigenvalue weighted by atomic mass is 19.1. The van der Waals surface area contributed by atoms with Crippen LogP contribution in [-0.4, -0.2) is 46.2 Å². The summed E-state index contributed by atoms with van der Waals surface area (Å²) in [5.74, 6) is 0.0413. The molecule has 8 nitrogen and oxygen atoms in total. The van der Waals surface area contributed by atoms with Gasteiger partial charge in [0.05, 0.1) is 17.8 Å². The Hall–Kier alpha value is -3.79. The van der Waals surface area contributed by atoms with Gasteiger partial charge in [-0.15, -0.1) is 0 Å². The summed E-state index contributed by atoms with van der Waals surface area (Å²) >= 11 is 0. The smallest absolute Gasteiger partial charge is 0.247 e. The van der Waals surface area contributed by atoms with Crippen molar-refractivity contribution < 1.29 is 18.7 Å². The maximum Gasteiger partial charge on any atom is 0.247 e. The van der Waals surface area contributed by atoms with Crippen molar-refractivity contribution in [1.29, 1.82) is 0 Å². The van der Waals surface area contributed by atoms with E-state index in [4.69, 9.17) is 4.98 Å². The lowest BCUT2D eigenvalue weighted by atomic mass is 9.98. The van der Waals surface area contributed by atoms with Gasteiger partial charge in [-0.1, -0.05) is 12.1 Å². The summed E-state index contributed by atoms with van der Waals surface area (Å²) < 4.78 is 28.5. The highest BCUT2D eigenvalue weighted by molar-refractivity contribution is 6.03. The molecule has 4 heterocycles. The Balaban J connectivity index is 1.24. The minimum Gasteiger partial charge on any atom is -0.386 e. The lowest BCUT2D eigenvalue weighted by Gasteiger charge is -2.33. The van der Waals surface area contributed by atoms with E-state index in [-0.39, 0.29) is 24.0 Å². The monoisotopic (exact) mass is 520 g/mol. The lowest BCUT2D eigenvalue weighted by Crippen LogP contribution is -2.44. The van der Waals surface area contributed by atoms with Crippen LogP contribution in [-0.2, 0) is 10.4 Å². The molecule has 6 rings (SSSR count). The summed E-state index contributed by atoms with van der Waals surface area (Å²) in [7, 11) is 0. The van der Waals surface area contributed by atoms with Crippen molar-refractivity contribution in [2.24, 2.45) is 0 Å². The van der Waals surface area contributed by atoms with Gasteiger partial charge in [0.1, 0.15) is 23.4 Å². The van der Waals surface area contributed by atoms with Crippen LogP contribution in [0, 0.1) is 11.6 Å². The van der Waals surface area contributed by atoms with Crippen molar-refractivity contribution in [2.45, 2.75) is 56.8 Å². The largest absolute Gasteiger partial charge is 0.386 e. The minimum atomic E-state index is -0.916. The molecule has 1 aromatic heterocycles. The summed E-state index contributed by atoms with van der Waals surface area (Å²) in [4.78, 5) is 26.1. The molecule has 0 unspecified atom stereocenters. The van der Waals surface area contributed by atoms with Gasteiger partial charge in [-0.2, -0.15) is 4.98 Å². The van der Waals surface area contributed by atoms with Crippen LogP contribution in [0.25, 0.3) is 0 Å². The Morgan fingerprint density at radius 3 is 2.66 bits per heavy atom. The van der Waals surface area contributed by atoms with E-state index in [1.807, 2.05) is 34.1 Å². The number of benzene rings is 2. The van der Waals surface area contributed by atoms with Crippen LogP contribution in [0.15, 0.2) is 48.7 Å². The number of aliphatic hydroxyl groups is 1. The number of halogens is 2. The first-order chi connectivity index (χ1) is 18.2. The predicted octanol–water partition coefficient (Wildman–Crippen LogP) is 4.34. The predicted molar refractivity (Wildman–Crippen MR) is 141 cm³/mol. The standard InChI is InChI=1S/C28H30F2N6O2/c1-28(2,38)16-5-8-18(9-6-16)32-19-13-24-26(37)33-22-14-31-27(34-25(22)36(24)15-19)35-11-3-4-23(35)20-12-17(29)7-10-21(20)30/h5-10,12,14,19,23-24,32,38H,3-4,11,13,15H2,1-2H3,(H,33,37)/t19-,23+,24-/m0/s1. The van der Waals surface area contributed by atoms with E-state index >= 15 is 0 Å². The minimum absolute atomic E-state index is 0.00373. The molecule has 0 saturated carbocycles. The normalized spacial score (nSPS) is 22.8. The van der Waals surface area contributed by atoms with Gasteiger partial charge in [0.2, 0.25) is 11.9 Å². The van der Waals surface area contributed by atoms with Crippen LogP contribution in [0.5, 0.6) is 0 Å². The second kappa shape index (κ2) is 9.20. The molecule has 3 aliphatic heterocycles. The van der Waals surface area contributed by atoms with Crippen molar-refractivity contribution in [2.75, 3.05) is 33.5 Å². The quantitative estimate of drug-likeness (QED) is 0.461. The van der Waals surface area contributed by atoms with Crippen LogP contribution >= 0.6 is 0 Å². The van der Waals surface area contributed by atoms with E-state index in [0.29, 0.717) is 48.9 Å². The van der Waals surface area contributed by atoms with E-state index in [1.165, 1.54) is 6.07 Å². The molecular weight excluding hydrogens is 490 g/mol. The number of nitrogens with zero attached hydrogens (tertiary/aromatic N) is 4. The van der Waals surface area contributed by atoms with Crippen molar-refractivity contribution in [3.8, 4) is 0 Å². The molecule has 3 aromatic rings. The van der Waals surface area contributed by atoms with Gasteiger partial charge in [0, 0.05) is 30.4 Å².